The summed E-state index contributed by atoms with van der Waals surface area (Å²) in [5, 5.41) is 18.9. The molecule has 0 bridgehead atoms. The van der Waals surface area contributed by atoms with Gasteiger partial charge in [0.05, 0.1) is 12.7 Å². The maximum atomic E-state index is 11.9. The Morgan fingerprint density at radius 1 is 1.36 bits per heavy atom. The molecule has 1 aromatic heterocycles. The lowest BCUT2D eigenvalue weighted by Crippen LogP contribution is -2.34. The Morgan fingerprint density at radius 2 is 2.14 bits per heavy atom. The minimum atomic E-state index is -0.818. The Hall–Kier alpha value is -1.44. The van der Waals surface area contributed by atoms with Crippen molar-refractivity contribution >= 4 is 0 Å². The Labute approximate surface area is 128 Å². The number of aliphatic hydroxyl groups excluding tert-OH is 2. The van der Waals surface area contributed by atoms with Crippen molar-refractivity contribution in [3.8, 4) is 0 Å². The normalized spacial score (nSPS) is 24.8. The molecule has 0 aromatic carbocycles. The molecule has 2 heterocycles. The van der Waals surface area contributed by atoms with Crippen molar-refractivity contribution in [3.63, 3.8) is 0 Å². The van der Waals surface area contributed by atoms with Gasteiger partial charge in [0, 0.05) is 18.2 Å². The van der Waals surface area contributed by atoms with Crippen LogP contribution in [0, 0.1) is 0 Å². The first-order valence-electron chi connectivity index (χ1n) is 7.85. The molecule has 0 radical (unpaired) electrons. The van der Waals surface area contributed by atoms with E-state index in [4.69, 9.17) is 9.84 Å². The molecule has 0 spiro atoms. The van der Waals surface area contributed by atoms with Gasteiger partial charge in [0.25, 0.3) is 5.56 Å². The van der Waals surface area contributed by atoms with Crippen molar-refractivity contribution < 1.29 is 14.9 Å². The molecule has 2 rings (SSSR count). The number of aliphatic hydroxyl groups is 2. The minimum Gasteiger partial charge on any atom is -0.394 e. The van der Waals surface area contributed by atoms with Crippen LogP contribution in [0.2, 0.25) is 0 Å². The van der Waals surface area contributed by atoms with E-state index in [2.05, 4.69) is 11.9 Å². The number of ether oxygens (including phenoxy) is 1. The molecule has 7 nitrogen and oxygen atoms in total. The van der Waals surface area contributed by atoms with Crippen molar-refractivity contribution in [3.05, 3.63) is 32.6 Å². The molecule has 3 atom stereocenters. The van der Waals surface area contributed by atoms with Gasteiger partial charge in [0.1, 0.15) is 12.3 Å². The maximum Gasteiger partial charge on any atom is 0.330 e. The van der Waals surface area contributed by atoms with E-state index < -0.39 is 24.1 Å². The summed E-state index contributed by atoms with van der Waals surface area (Å²) in [6.07, 6.45) is 4.33. The minimum absolute atomic E-state index is 0.215. The zero-order valence-electron chi connectivity index (χ0n) is 12.8. The first-order valence-corrected chi connectivity index (χ1v) is 7.85. The van der Waals surface area contributed by atoms with E-state index in [0.717, 1.165) is 25.7 Å². The molecular weight excluding hydrogens is 288 g/mol. The number of hydrogen-bond donors (Lipinski definition) is 3. The topological polar surface area (TPSA) is 105 Å². The molecule has 7 heteroatoms. The second kappa shape index (κ2) is 7.71. The Bertz CT molecular complexity index is 594. The molecule has 3 N–H and O–H groups in total. The lowest BCUT2D eigenvalue weighted by molar-refractivity contribution is -0.0460. The van der Waals surface area contributed by atoms with E-state index in [1.165, 1.54) is 10.8 Å². The van der Waals surface area contributed by atoms with Crippen LogP contribution < -0.4 is 11.2 Å². The number of hydrogen-bond acceptors (Lipinski definition) is 5. The van der Waals surface area contributed by atoms with Crippen molar-refractivity contribution in [2.24, 2.45) is 0 Å². The van der Waals surface area contributed by atoms with Crippen molar-refractivity contribution in [2.75, 3.05) is 6.61 Å². The van der Waals surface area contributed by atoms with Crippen LogP contribution in [0.3, 0.4) is 0 Å². The van der Waals surface area contributed by atoms with Crippen LogP contribution in [0.5, 0.6) is 0 Å². The lowest BCUT2D eigenvalue weighted by Gasteiger charge is -2.15. The highest BCUT2D eigenvalue weighted by Crippen LogP contribution is 2.27. The molecule has 0 saturated carbocycles. The Balaban J connectivity index is 2.15. The largest absolute Gasteiger partial charge is 0.394 e. The van der Waals surface area contributed by atoms with Gasteiger partial charge in [0.2, 0.25) is 0 Å². The number of H-pyrrole nitrogens is 1. The molecule has 124 valence electrons. The number of rotatable bonds is 7. The van der Waals surface area contributed by atoms with Gasteiger partial charge in [-0.1, -0.05) is 26.2 Å². The van der Waals surface area contributed by atoms with E-state index in [-0.39, 0.29) is 18.6 Å². The predicted molar refractivity (Wildman–Crippen MR) is 80.8 cm³/mol. The van der Waals surface area contributed by atoms with Crippen LogP contribution in [0.15, 0.2) is 15.8 Å². The first kappa shape index (κ1) is 16.9. The summed E-state index contributed by atoms with van der Waals surface area (Å²) in [7, 11) is 0. The molecule has 1 saturated heterocycles. The average molecular weight is 312 g/mol. The van der Waals surface area contributed by atoms with Crippen molar-refractivity contribution in [2.45, 2.75) is 63.9 Å². The fourth-order valence-corrected chi connectivity index (χ4v) is 2.71. The van der Waals surface area contributed by atoms with Gasteiger partial charge in [-0.05, 0) is 12.8 Å². The van der Waals surface area contributed by atoms with E-state index in [1.807, 2.05) is 0 Å². The quantitative estimate of drug-likeness (QED) is 0.628. The predicted octanol–water partition coefficient (Wildman–Crippen LogP) is 0.300. The zero-order valence-corrected chi connectivity index (χ0v) is 12.8. The summed E-state index contributed by atoms with van der Waals surface area (Å²) in [6, 6.07) is 0. The second-order valence-corrected chi connectivity index (χ2v) is 5.75. The number of aromatic amines is 1. The van der Waals surface area contributed by atoms with Gasteiger partial charge < -0.3 is 14.9 Å². The Morgan fingerprint density at radius 3 is 2.77 bits per heavy atom. The van der Waals surface area contributed by atoms with Crippen LogP contribution in [-0.4, -0.2) is 38.6 Å². The van der Waals surface area contributed by atoms with Gasteiger partial charge in [0.15, 0.2) is 0 Å². The third-order valence-electron chi connectivity index (χ3n) is 4.04. The van der Waals surface area contributed by atoms with Crippen LogP contribution >= 0.6 is 0 Å². The molecule has 0 amide bonds. The highest BCUT2D eigenvalue weighted by molar-refractivity contribution is 5.05. The van der Waals surface area contributed by atoms with Crippen LogP contribution in [0.1, 0.15) is 50.8 Å². The summed E-state index contributed by atoms with van der Waals surface area (Å²) in [5.41, 5.74) is -0.380. The van der Waals surface area contributed by atoms with E-state index in [9.17, 15) is 14.7 Å². The zero-order chi connectivity index (χ0) is 16.1. The molecule has 0 unspecified atom stereocenters. The summed E-state index contributed by atoms with van der Waals surface area (Å²) < 4.78 is 6.77. The summed E-state index contributed by atoms with van der Waals surface area (Å²) in [4.78, 5) is 26.1. The third kappa shape index (κ3) is 3.85. The number of aryl methyl sites for hydroxylation is 1. The van der Waals surface area contributed by atoms with Gasteiger partial charge >= 0.3 is 5.69 Å². The standard InChI is InChI=1S/C15H24N2O5/c1-2-3-4-5-6-10-8-17(15(21)16-14(10)20)13-7-11(19)12(9-18)22-13/h8,11-13,18-19H,2-7,9H2,1H3,(H,16,20,21)/t11-,12+,13+/m1/s1. The molecule has 1 aliphatic heterocycles. The average Bonchev–Trinajstić information content (AvgIpc) is 2.86. The van der Waals surface area contributed by atoms with Gasteiger partial charge in [-0.3, -0.25) is 14.3 Å². The summed E-state index contributed by atoms with van der Waals surface area (Å²) >= 11 is 0. The molecule has 1 aliphatic rings. The second-order valence-electron chi connectivity index (χ2n) is 5.75. The maximum absolute atomic E-state index is 11.9. The van der Waals surface area contributed by atoms with Gasteiger partial charge in [-0.15, -0.1) is 0 Å². The molecule has 0 aliphatic carbocycles. The SMILES string of the molecule is CCCCCCc1cn([C@@H]2C[C@@H](O)[C@H](CO)O2)c(=O)[nH]c1=O. The van der Waals surface area contributed by atoms with Crippen LogP contribution in [0.25, 0.3) is 0 Å². The van der Waals surface area contributed by atoms with Crippen LogP contribution in [0.4, 0.5) is 0 Å². The number of nitrogens with one attached hydrogen (secondary N) is 1. The van der Waals surface area contributed by atoms with E-state index in [1.54, 1.807) is 0 Å². The molecule has 1 fully saturated rings. The number of unbranched alkanes of at least 4 members (excludes halogenated alkanes) is 3. The highest BCUT2D eigenvalue weighted by Gasteiger charge is 2.35. The number of aromatic nitrogens is 2. The van der Waals surface area contributed by atoms with Crippen molar-refractivity contribution in [1.29, 1.82) is 0 Å². The van der Waals surface area contributed by atoms with Crippen LogP contribution in [-0.2, 0) is 11.2 Å². The fraction of sp³-hybridized carbons (Fsp3) is 0.733. The van der Waals surface area contributed by atoms with Crippen molar-refractivity contribution in [1.82, 2.24) is 9.55 Å². The lowest BCUT2D eigenvalue weighted by atomic mass is 10.1. The Kier molecular flexibility index (Phi) is 5.93. The fourth-order valence-electron chi connectivity index (χ4n) is 2.71. The van der Waals surface area contributed by atoms with Gasteiger partial charge in [-0.2, -0.15) is 0 Å². The summed E-state index contributed by atoms with van der Waals surface area (Å²) in [5.74, 6) is 0. The summed E-state index contributed by atoms with van der Waals surface area (Å²) in [6.45, 7) is 1.81. The van der Waals surface area contributed by atoms with E-state index in [0.29, 0.717) is 12.0 Å². The monoisotopic (exact) mass is 312 g/mol. The highest BCUT2D eigenvalue weighted by atomic mass is 16.5. The molecule has 1 aromatic rings. The van der Waals surface area contributed by atoms with E-state index >= 15 is 0 Å². The van der Waals surface area contributed by atoms with Gasteiger partial charge in [-0.25, -0.2) is 4.79 Å². The smallest absolute Gasteiger partial charge is 0.330 e. The molecule has 22 heavy (non-hydrogen) atoms. The first-order chi connectivity index (χ1) is 10.6. The molecular formula is C15H24N2O5. The third-order valence-corrected chi connectivity index (χ3v) is 4.04. The number of nitrogens with zero attached hydrogens (tertiary/aromatic N) is 1.